The van der Waals surface area contributed by atoms with Crippen molar-refractivity contribution in [3.8, 4) is 10.7 Å². The monoisotopic (exact) mass is 448 g/mol. The van der Waals surface area contributed by atoms with E-state index in [0.717, 1.165) is 15.3 Å². The van der Waals surface area contributed by atoms with Crippen LogP contribution in [0.15, 0.2) is 48.8 Å². The molecule has 0 amide bonds. The number of thiophene rings is 1. The highest BCUT2D eigenvalue weighted by atomic mass is 35.5. The standard InChI is InChI=1S/C21H21ClN2O5S/c22-14-4-2-11(20-19(28)18(27)17(26)15(10-25)29-20)8-12(14)9-13-3-5-16(30-13)21-23-6-1-7-24-21/h1-8,15,17-20,25-28H,9-10H2/t15?,17?,18?,19-,20?/m1/s1. The smallest absolute Gasteiger partial charge is 0.169 e. The Morgan fingerprint density at radius 1 is 1.00 bits per heavy atom. The van der Waals surface area contributed by atoms with Crippen molar-refractivity contribution >= 4 is 22.9 Å². The van der Waals surface area contributed by atoms with Crippen LogP contribution in [0, 0.1) is 0 Å². The van der Waals surface area contributed by atoms with Crippen molar-refractivity contribution < 1.29 is 25.2 Å². The van der Waals surface area contributed by atoms with Gasteiger partial charge in [0.25, 0.3) is 0 Å². The van der Waals surface area contributed by atoms with Crippen LogP contribution in [0.4, 0.5) is 0 Å². The van der Waals surface area contributed by atoms with Crippen LogP contribution in [0.2, 0.25) is 5.02 Å². The fourth-order valence-corrected chi connectivity index (χ4v) is 4.65. The SMILES string of the molecule is OCC1OC(c2ccc(Cl)c(Cc3ccc(-c4ncccn4)s3)c2)[C@H](O)C(O)C1O. The van der Waals surface area contributed by atoms with Crippen LogP contribution >= 0.6 is 22.9 Å². The highest BCUT2D eigenvalue weighted by Gasteiger charge is 2.44. The highest BCUT2D eigenvalue weighted by Crippen LogP contribution is 2.35. The summed E-state index contributed by atoms with van der Waals surface area (Å²) in [5.74, 6) is 0.662. The van der Waals surface area contributed by atoms with Crippen LogP contribution in [0.1, 0.15) is 22.1 Å². The van der Waals surface area contributed by atoms with Crippen LogP contribution in [0.25, 0.3) is 10.7 Å². The zero-order chi connectivity index (χ0) is 21.3. The molecular formula is C21H21ClN2O5S. The predicted molar refractivity (Wildman–Crippen MR) is 112 cm³/mol. The first-order chi connectivity index (χ1) is 14.5. The molecule has 0 aliphatic carbocycles. The molecule has 1 aromatic carbocycles. The molecule has 0 saturated carbocycles. The number of hydrogen-bond donors (Lipinski definition) is 4. The van der Waals surface area contributed by atoms with Gasteiger partial charge in [0, 0.05) is 28.7 Å². The summed E-state index contributed by atoms with van der Waals surface area (Å²) < 4.78 is 5.66. The van der Waals surface area contributed by atoms with Crippen LogP contribution in [0.3, 0.4) is 0 Å². The number of rotatable bonds is 5. The van der Waals surface area contributed by atoms with Gasteiger partial charge in [0.1, 0.15) is 30.5 Å². The second-order valence-electron chi connectivity index (χ2n) is 7.12. The molecule has 4 rings (SSSR count). The highest BCUT2D eigenvalue weighted by molar-refractivity contribution is 7.15. The Hall–Kier alpha value is -1.91. The summed E-state index contributed by atoms with van der Waals surface area (Å²) in [4.78, 5) is 10.5. The lowest BCUT2D eigenvalue weighted by atomic mass is 9.90. The Bertz CT molecular complexity index is 1000. The van der Waals surface area contributed by atoms with E-state index in [2.05, 4.69) is 9.97 Å². The maximum Gasteiger partial charge on any atom is 0.169 e. The molecule has 1 fully saturated rings. The molecular weight excluding hydrogens is 428 g/mol. The number of benzene rings is 1. The van der Waals surface area contributed by atoms with E-state index in [0.29, 0.717) is 22.8 Å². The van der Waals surface area contributed by atoms with Crippen molar-refractivity contribution in [2.75, 3.05) is 6.61 Å². The number of hydrogen-bond acceptors (Lipinski definition) is 8. The molecule has 9 heteroatoms. The molecule has 2 aromatic heterocycles. The number of aliphatic hydroxyl groups excluding tert-OH is 4. The minimum atomic E-state index is -1.43. The summed E-state index contributed by atoms with van der Waals surface area (Å²) in [6.45, 7) is -0.471. The first kappa shape index (κ1) is 21.3. The van der Waals surface area contributed by atoms with E-state index in [4.69, 9.17) is 16.3 Å². The van der Waals surface area contributed by atoms with Crippen molar-refractivity contribution in [3.63, 3.8) is 0 Å². The van der Waals surface area contributed by atoms with Crippen molar-refractivity contribution in [1.82, 2.24) is 9.97 Å². The first-order valence-corrected chi connectivity index (χ1v) is 10.6. The molecule has 1 aliphatic heterocycles. The second-order valence-corrected chi connectivity index (χ2v) is 8.69. The number of halogens is 1. The number of ether oxygens (including phenoxy) is 1. The van der Waals surface area contributed by atoms with Gasteiger partial charge in [-0.3, -0.25) is 0 Å². The van der Waals surface area contributed by atoms with Gasteiger partial charge in [-0.1, -0.05) is 23.7 Å². The quantitative estimate of drug-likeness (QED) is 0.471. The van der Waals surface area contributed by atoms with Crippen molar-refractivity contribution in [1.29, 1.82) is 0 Å². The van der Waals surface area contributed by atoms with Crippen LogP contribution in [0.5, 0.6) is 0 Å². The van der Waals surface area contributed by atoms with E-state index < -0.39 is 37.1 Å². The number of aliphatic hydroxyl groups is 4. The van der Waals surface area contributed by atoms with Gasteiger partial charge in [-0.2, -0.15) is 0 Å². The zero-order valence-electron chi connectivity index (χ0n) is 15.8. The Morgan fingerprint density at radius 3 is 2.50 bits per heavy atom. The molecule has 1 aliphatic rings. The Kier molecular flexibility index (Phi) is 6.45. The summed E-state index contributed by atoms with van der Waals surface area (Å²) in [6.07, 6.45) is -2.05. The van der Waals surface area contributed by atoms with E-state index in [1.165, 1.54) is 0 Å². The average Bonchev–Trinajstić information content (AvgIpc) is 3.23. The molecule has 0 spiro atoms. The van der Waals surface area contributed by atoms with Gasteiger partial charge in [-0.05, 0) is 35.4 Å². The maximum absolute atomic E-state index is 10.4. The molecule has 1 saturated heterocycles. The minimum Gasteiger partial charge on any atom is -0.394 e. The maximum atomic E-state index is 10.4. The lowest BCUT2D eigenvalue weighted by Crippen LogP contribution is -2.55. The third-order valence-corrected chi connectivity index (χ3v) is 6.55. The predicted octanol–water partition coefficient (Wildman–Crippen LogP) is 1.96. The largest absolute Gasteiger partial charge is 0.394 e. The van der Waals surface area contributed by atoms with E-state index in [1.807, 2.05) is 18.2 Å². The molecule has 4 N–H and O–H groups in total. The molecule has 7 nitrogen and oxygen atoms in total. The van der Waals surface area contributed by atoms with Gasteiger partial charge in [0.15, 0.2) is 5.82 Å². The van der Waals surface area contributed by atoms with Crippen LogP contribution in [-0.2, 0) is 11.2 Å². The van der Waals surface area contributed by atoms with Gasteiger partial charge in [-0.25, -0.2) is 9.97 Å². The van der Waals surface area contributed by atoms with Gasteiger partial charge < -0.3 is 25.2 Å². The number of nitrogens with zero attached hydrogens (tertiary/aromatic N) is 2. The van der Waals surface area contributed by atoms with Crippen LogP contribution < -0.4 is 0 Å². The van der Waals surface area contributed by atoms with Gasteiger partial charge in [0.05, 0.1) is 11.5 Å². The van der Waals surface area contributed by atoms with E-state index in [9.17, 15) is 20.4 Å². The lowest BCUT2D eigenvalue weighted by Gasteiger charge is -2.40. The lowest BCUT2D eigenvalue weighted by molar-refractivity contribution is -0.231. The Morgan fingerprint density at radius 2 is 1.77 bits per heavy atom. The Balaban J connectivity index is 1.57. The summed E-state index contributed by atoms with van der Waals surface area (Å²) >= 11 is 7.97. The van der Waals surface area contributed by atoms with Gasteiger partial charge in [-0.15, -0.1) is 11.3 Å². The summed E-state index contributed by atoms with van der Waals surface area (Å²) in [6, 6.07) is 11.0. The van der Waals surface area contributed by atoms with E-state index in [1.54, 1.807) is 41.9 Å². The minimum absolute atomic E-state index is 0.471. The third kappa shape index (κ3) is 4.26. The molecule has 3 aromatic rings. The van der Waals surface area contributed by atoms with Crippen molar-refractivity contribution in [2.45, 2.75) is 36.9 Å². The molecule has 0 bridgehead atoms. The number of aromatic nitrogens is 2. The normalized spacial score (nSPS) is 26.6. The molecule has 0 radical (unpaired) electrons. The zero-order valence-corrected chi connectivity index (χ0v) is 17.4. The third-order valence-electron chi connectivity index (χ3n) is 5.10. The van der Waals surface area contributed by atoms with Crippen LogP contribution in [-0.4, -0.2) is 61.4 Å². The van der Waals surface area contributed by atoms with Crippen molar-refractivity contribution in [2.24, 2.45) is 0 Å². The molecule has 30 heavy (non-hydrogen) atoms. The van der Waals surface area contributed by atoms with E-state index in [-0.39, 0.29) is 0 Å². The fraction of sp³-hybridized carbons (Fsp3) is 0.333. The topological polar surface area (TPSA) is 116 Å². The molecule has 3 heterocycles. The molecule has 158 valence electrons. The summed E-state index contributed by atoms with van der Waals surface area (Å²) in [5, 5.41) is 40.4. The Labute approximate surface area is 182 Å². The summed E-state index contributed by atoms with van der Waals surface area (Å²) in [7, 11) is 0. The fourth-order valence-electron chi connectivity index (χ4n) is 3.49. The van der Waals surface area contributed by atoms with Crippen molar-refractivity contribution in [3.05, 3.63) is 69.8 Å². The van der Waals surface area contributed by atoms with E-state index >= 15 is 0 Å². The first-order valence-electron chi connectivity index (χ1n) is 9.43. The average molecular weight is 449 g/mol. The van der Waals surface area contributed by atoms with Gasteiger partial charge in [0.2, 0.25) is 0 Å². The van der Waals surface area contributed by atoms with Gasteiger partial charge >= 0.3 is 0 Å². The summed E-state index contributed by atoms with van der Waals surface area (Å²) in [5.41, 5.74) is 1.43. The molecule has 5 atom stereocenters. The molecule has 4 unspecified atom stereocenters. The second kappa shape index (κ2) is 9.07.